The highest BCUT2D eigenvalue weighted by molar-refractivity contribution is 9.10. The molecule has 1 aliphatic rings. The number of nitrogens with one attached hydrogen (secondary N) is 1. The third-order valence-corrected chi connectivity index (χ3v) is 3.86. The Bertz CT molecular complexity index is 404. The minimum atomic E-state index is 0.0363. The number of nitrogens with two attached hydrogens (primary N) is 1. The lowest BCUT2D eigenvalue weighted by Crippen LogP contribution is -2.32. The molecular formula is C13H17BrN2O. The van der Waals surface area contributed by atoms with Crippen LogP contribution in [0.4, 0.5) is 0 Å². The summed E-state index contributed by atoms with van der Waals surface area (Å²) in [5.41, 5.74) is 6.99. The fourth-order valence-electron chi connectivity index (χ4n) is 1.81. The van der Waals surface area contributed by atoms with Gasteiger partial charge in [0, 0.05) is 23.5 Å². The van der Waals surface area contributed by atoms with Gasteiger partial charge in [0.05, 0.1) is 0 Å². The molecule has 0 radical (unpaired) electrons. The van der Waals surface area contributed by atoms with Gasteiger partial charge < -0.3 is 11.1 Å². The molecule has 17 heavy (non-hydrogen) atoms. The van der Waals surface area contributed by atoms with Gasteiger partial charge in [0.1, 0.15) is 0 Å². The van der Waals surface area contributed by atoms with Crippen LogP contribution in [0.3, 0.4) is 0 Å². The minimum Gasteiger partial charge on any atom is -0.352 e. The third kappa shape index (κ3) is 3.82. The molecular weight excluding hydrogens is 280 g/mol. The van der Waals surface area contributed by atoms with E-state index in [1.54, 1.807) is 0 Å². The summed E-state index contributed by atoms with van der Waals surface area (Å²) in [5.74, 6) is 0.615. The number of amides is 1. The van der Waals surface area contributed by atoms with E-state index in [2.05, 4.69) is 21.2 Å². The normalized spacial score (nSPS) is 16.6. The molecule has 1 fully saturated rings. The van der Waals surface area contributed by atoms with Crippen LogP contribution in [0.1, 0.15) is 24.8 Å². The SMILES string of the molecule is NC(CC(=O)NCc1ccccc1Br)C1CC1. The van der Waals surface area contributed by atoms with Gasteiger partial charge >= 0.3 is 0 Å². The highest BCUT2D eigenvalue weighted by Gasteiger charge is 2.29. The van der Waals surface area contributed by atoms with Crippen molar-refractivity contribution in [2.24, 2.45) is 11.7 Å². The van der Waals surface area contributed by atoms with E-state index in [0.29, 0.717) is 18.9 Å². The summed E-state index contributed by atoms with van der Waals surface area (Å²) in [5, 5.41) is 2.90. The lowest BCUT2D eigenvalue weighted by Gasteiger charge is -2.11. The summed E-state index contributed by atoms with van der Waals surface area (Å²) in [7, 11) is 0. The molecule has 0 aliphatic heterocycles. The third-order valence-electron chi connectivity index (χ3n) is 3.08. The smallest absolute Gasteiger partial charge is 0.221 e. The number of halogens is 1. The van der Waals surface area contributed by atoms with Crippen LogP contribution in [-0.2, 0) is 11.3 Å². The largest absolute Gasteiger partial charge is 0.352 e. The summed E-state index contributed by atoms with van der Waals surface area (Å²) in [6, 6.07) is 7.91. The summed E-state index contributed by atoms with van der Waals surface area (Å²) in [6.07, 6.45) is 2.80. The fraction of sp³-hybridized carbons (Fsp3) is 0.462. The van der Waals surface area contributed by atoms with E-state index in [9.17, 15) is 4.79 Å². The average molecular weight is 297 g/mol. The molecule has 1 aliphatic carbocycles. The summed E-state index contributed by atoms with van der Waals surface area (Å²) in [4.78, 5) is 11.7. The van der Waals surface area contributed by atoms with Crippen LogP contribution in [0.15, 0.2) is 28.7 Å². The van der Waals surface area contributed by atoms with Crippen molar-refractivity contribution in [3.8, 4) is 0 Å². The molecule has 0 spiro atoms. The van der Waals surface area contributed by atoms with Gasteiger partial charge in [-0.05, 0) is 30.4 Å². The molecule has 1 unspecified atom stereocenters. The van der Waals surface area contributed by atoms with Gasteiger partial charge in [-0.15, -0.1) is 0 Å². The van der Waals surface area contributed by atoms with Crippen molar-refractivity contribution in [2.75, 3.05) is 0 Å². The average Bonchev–Trinajstić information content (AvgIpc) is 3.11. The second kappa shape index (κ2) is 5.65. The van der Waals surface area contributed by atoms with E-state index in [4.69, 9.17) is 5.73 Å². The zero-order chi connectivity index (χ0) is 12.3. The van der Waals surface area contributed by atoms with Gasteiger partial charge in [-0.3, -0.25) is 4.79 Å². The molecule has 0 heterocycles. The quantitative estimate of drug-likeness (QED) is 0.875. The first-order valence-electron chi connectivity index (χ1n) is 5.92. The zero-order valence-electron chi connectivity index (χ0n) is 9.66. The lowest BCUT2D eigenvalue weighted by atomic mass is 10.1. The maximum Gasteiger partial charge on any atom is 0.221 e. The molecule has 1 atom stereocenters. The van der Waals surface area contributed by atoms with E-state index in [-0.39, 0.29) is 11.9 Å². The maximum atomic E-state index is 11.7. The molecule has 3 nitrogen and oxygen atoms in total. The number of hydrogen-bond donors (Lipinski definition) is 2. The molecule has 1 saturated carbocycles. The van der Waals surface area contributed by atoms with Gasteiger partial charge in [-0.25, -0.2) is 0 Å². The number of rotatable bonds is 5. The molecule has 1 aromatic rings. The fourth-order valence-corrected chi connectivity index (χ4v) is 2.24. The summed E-state index contributed by atoms with van der Waals surface area (Å²) >= 11 is 3.45. The molecule has 92 valence electrons. The molecule has 1 aromatic carbocycles. The van der Waals surface area contributed by atoms with Crippen molar-refractivity contribution in [3.05, 3.63) is 34.3 Å². The van der Waals surface area contributed by atoms with E-state index in [0.717, 1.165) is 10.0 Å². The van der Waals surface area contributed by atoms with Gasteiger partial charge in [0.25, 0.3) is 0 Å². The summed E-state index contributed by atoms with van der Waals surface area (Å²) < 4.78 is 1.02. The topological polar surface area (TPSA) is 55.1 Å². The molecule has 4 heteroatoms. The second-order valence-corrected chi connectivity index (χ2v) is 5.43. The van der Waals surface area contributed by atoms with Crippen LogP contribution < -0.4 is 11.1 Å². The Morgan fingerprint density at radius 1 is 1.47 bits per heavy atom. The van der Waals surface area contributed by atoms with E-state index in [1.165, 1.54) is 12.8 Å². The van der Waals surface area contributed by atoms with Gasteiger partial charge in [0.15, 0.2) is 0 Å². The molecule has 0 saturated heterocycles. The Kier molecular flexibility index (Phi) is 4.18. The number of benzene rings is 1. The van der Waals surface area contributed by atoms with Crippen molar-refractivity contribution >= 4 is 21.8 Å². The second-order valence-electron chi connectivity index (χ2n) is 4.57. The molecule has 0 bridgehead atoms. The van der Waals surface area contributed by atoms with Gasteiger partial charge in [0.2, 0.25) is 5.91 Å². The Hall–Kier alpha value is -0.870. The Labute approximate surface area is 110 Å². The molecule has 3 N–H and O–H groups in total. The highest BCUT2D eigenvalue weighted by atomic mass is 79.9. The van der Waals surface area contributed by atoms with Crippen molar-refractivity contribution in [1.29, 1.82) is 0 Å². The Balaban J connectivity index is 1.77. The predicted molar refractivity (Wildman–Crippen MR) is 71.3 cm³/mol. The van der Waals surface area contributed by atoms with Gasteiger partial charge in [-0.1, -0.05) is 34.1 Å². The van der Waals surface area contributed by atoms with Crippen LogP contribution >= 0.6 is 15.9 Å². The van der Waals surface area contributed by atoms with Crippen molar-refractivity contribution in [3.63, 3.8) is 0 Å². The molecule has 2 rings (SSSR count). The van der Waals surface area contributed by atoms with Crippen LogP contribution in [0.5, 0.6) is 0 Å². The molecule has 0 aromatic heterocycles. The highest BCUT2D eigenvalue weighted by Crippen LogP contribution is 2.32. The van der Waals surface area contributed by atoms with E-state index in [1.807, 2.05) is 24.3 Å². The molecule has 1 amide bonds. The van der Waals surface area contributed by atoms with Gasteiger partial charge in [-0.2, -0.15) is 0 Å². The number of carbonyl (C=O) groups excluding carboxylic acids is 1. The van der Waals surface area contributed by atoms with E-state index < -0.39 is 0 Å². The minimum absolute atomic E-state index is 0.0363. The predicted octanol–water partition coefficient (Wildman–Crippen LogP) is 2.19. The van der Waals surface area contributed by atoms with Crippen molar-refractivity contribution in [1.82, 2.24) is 5.32 Å². The van der Waals surface area contributed by atoms with Crippen LogP contribution in [0, 0.1) is 5.92 Å². The van der Waals surface area contributed by atoms with Crippen LogP contribution in [0.2, 0.25) is 0 Å². The van der Waals surface area contributed by atoms with Crippen LogP contribution in [0.25, 0.3) is 0 Å². The summed E-state index contributed by atoms with van der Waals surface area (Å²) in [6.45, 7) is 0.553. The first-order chi connectivity index (χ1) is 8.16. The monoisotopic (exact) mass is 296 g/mol. The van der Waals surface area contributed by atoms with Crippen molar-refractivity contribution < 1.29 is 4.79 Å². The van der Waals surface area contributed by atoms with Crippen molar-refractivity contribution in [2.45, 2.75) is 31.8 Å². The first-order valence-corrected chi connectivity index (χ1v) is 6.72. The number of hydrogen-bond acceptors (Lipinski definition) is 2. The maximum absolute atomic E-state index is 11.7. The lowest BCUT2D eigenvalue weighted by molar-refractivity contribution is -0.121. The van der Waals surface area contributed by atoms with E-state index >= 15 is 0 Å². The standard InChI is InChI=1S/C13H17BrN2O/c14-11-4-2-1-3-10(11)8-16-13(17)7-12(15)9-5-6-9/h1-4,9,12H,5-8,15H2,(H,16,17). The Morgan fingerprint density at radius 2 is 2.18 bits per heavy atom. The Morgan fingerprint density at radius 3 is 2.82 bits per heavy atom. The van der Waals surface area contributed by atoms with Crippen LogP contribution in [-0.4, -0.2) is 11.9 Å². The first kappa shape index (κ1) is 12.6. The zero-order valence-corrected chi connectivity index (χ0v) is 11.2. The number of carbonyl (C=O) groups is 1.